The summed E-state index contributed by atoms with van der Waals surface area (Å²) in [5, 5.41) is 11.5. The highest BCUT2D eigenvalue weighted by molar-refractivity contribution is 7.14. The molecule has 0 aliphatic heterocycles. The number of benzene rings is 1. The third kappa shape index (κ3) is 3.74. The fourth-order valence-electron chi connectivity index (χ4n) is 1.85. The summed E-state index contributed by atoms with van der Waals surface area (Å²) in [7, 11) is 0. The molecule has 0 radical (unpaired) electrons. The third-order valence-electron chi connectivity index (χ3n) is 2.87. The minimum absolute atomic E-state index is 0.169. The van der Waals surface area contributed by atoms with Crippen molar-refractivity contribution in [3.05, 3.63) is 35.2 Å². The lowest BCUT2D eigenvalue weighted by molar-refractivity contribution is 0.0337. The number of rotatable bonds is 6. The number of esters is 1. The van der Waals surface area contributed by atoms with Crippen molar-refractivity contribution in [2.24, 2.45) is 0 Å². The van der Waals surface area contributed by atoms with Crippen molar-refractivity contribution in [2.45, 2.75) is 6.92 Å². The molecule has 0 saturated carbocycles. The minimum Gasteiger partial charge on any atom is -0.508 e. The zero-order chi connectivity index (χ0) is 15.2. The summed E-state index contributed by atoms with van der Waals surface area (Å²) in [5.74, 6) is -0.292. The molecular weight excluding hydrogens is 290 g/mol. The number of nitrogen functional groups attached to an aromatic ring is 1. The van der Waals surface area contributed by atoms with Crippen molar-refractivity contribution >= 4 is 22.3 Å². The molecule has 0 aliphatic rings. The van der Waals surface area contributed by atoms with Gasteiger partial charge in [-0.3, -0.25) is 0 Å². The van der Waals surface area contributed by atoms with Crippen LogP contribution in [-0.4, -0.2) is 30.9 Å². The lowest BCUT2D eigenvalue weighted by Crippen LogP contribution is -2.12. The first-order valence-corrected chi connectivity index (χ1v) is 7.42. The van der Waals surface area contributed by atoms with E-state index in [1.165, 1.54) is 11.3 Å². The number of hydrogen-bond donors (Lipinski definition) is 2. The molecule has 0 bridgehead atoms. The molecule has 3 N–H and O–H groups in total. The van der Waals surface area contributed by atoms with E-state index in [9.17, 15) is 9.90 Å². The minimum atomic E-state index is -0.462. The van der Waals surface area contributed by atoms with Crippen LogP contribution in [0.1, 0.15) is 17.3 Å². The molecule has 1 heterocycles. The van der Waals surface area contributed by atoms with Gasteiger partial charge in [0.2, 0.25) is 0 Å². The van der Waals surface area contributed by atoms with Crippen LogP contribution in [0.4, 0.5) is 5.00 Å². The highest BCUT2D eigenvalue weighted by Crippen LogP contribution is 2.34. The molecule has 0 amide bonds. The van der Waals surface area contributed by atoms with Crippen LogP contribution in [0.5, 0.6) is 5.75 Å². The topological polar surface area (TPSA) is 81.8 Å². The number of ether oxygens (including phenoxy) is 2. The van der Waals surface area contributed by atoms with Gasteiger partial charge in [-0.1, -0.05) is 12.1 Å². The van der Waals surface area contributed by atoms with Crippen LogP contribution < -0.4 is 5.73 Å². The van der Waals surface area contributed by atoms with Crippen LogP contribution in [0.25, 0.3) is 11.1 Å². The molecule has 0 aliphatic carbocycles. The molecule has 0 atom stereocenters. The van der Waals surface area contributed by atoms with Gasteiger partial charge in [-0.25, -0.2) is 4.79 Å². The summed E-state index contributed by atoms with van der Waals surface area (Å²) in [5.41, 5.74) is 7.75. The molecular formula is C15H17NO4S. The van der Waals surface area contributed by atoms with E-state index in [0.717, 1.165) is 5.56 Å². The number of anilines is 1. The average Bonchev–Trinajstić information content (AvgIpc) is 2.86. The van der Waals surface area contributed by atoms with Crippen molar-refractivity contribution < 1.29 is 19.4 Å². The number of nitrogens with two attached hydrogens (primary N) is 1. The van der Waals surface area contributed by atoms with Gasteiger partial charge in [0.05, 0.1) is 6.61 Å². The molecule has 2 aromatic rings. The molecule has 0 fully saturated rings. The lowest BCUT2D eigenvalue weighted by Gasteiger charge is -2.07. The number of hydrogen-bond acceptors (Lipinski definition) is 6. The number of thiophene rings is 1. The standard InChI is InChI=1S/C15H17NO4S/c1-2-19-7-8-20-15(18)13-12(9-21-14(13)16)10-3-5-11(17)6-4-10/h3-6,9,17H,2,7-8,16H2,1H3. The molecule has 0 spiro atoms. The van der Waals surface area contributed by atoms with Gasteiger partial charge in [0.15, 0.2) is 0 Å². The summed E-state index contributed by atoms with van der Waals surface area (Å²) in [4.78, 5) is 12.2. The average molecular weight is 307 g/mol. The maximum atomic E-state index is 12.2. The highest BCUT2D eigenvalue weighted by Gasteiger charge is 2.20. The van der Waals surface area contributed by atoms with E-state index < -0.39 is 5.97 Å². The van der Waals surface area contributed by atoms with Gasteiger partial charge in [-0.15, -0.1) is 11.3 Å². The summed E-state index contributed by atoms with van der Waals surface area (Å²) in [6.07, 6.45) is 0. The van der Waals surface area contributed by atoms with E-state index in [-0.39, 0.29) is 12.4 Å². The van der Waals surface area contributed by atoms with Crippen molar-refractivity contribution in [1.29, 1.82) is 0 Å². The normalized spacial score (nSPS) is 10.5. The van der Waals surface area contributed by atoms with E-state index in [1.807, 2.05) is 6.92 Å². The molecule has 2 rings (SSSR count). The first kappa shape index (κ1) is 15.3. The molecule has 6 heteroatoms. The van der Waals surface area contributed by atoms with Gasteiger partial charge < -0.3 is 20.3 Å². The van der Waals surface area contributed by atoms with Crippen LogP contribution in [0, 0.1) is 0 Å². The Bertz CT molecular complexity index is 607. The Labute approximate surface area is 126 Å². The Kier molecular flexibility index (Phi) is 5.19. The SMILES string of the molecule is CCOCCOC(=O)c1c(-c2ccc(O)cc2)csc1N. The Morgan fingerprint density at radius 2 is 2.00 bits per heavy atom. The maximum Gasteiger partial charge on any atom is 0.341 e. The number of aromatic hydroxyl groups is 1. The van der Waals surface area contributed by atoms with Crippen molar-refractivity contribution in [1.82, 2.24) is 0 Å². The lowest BCUT2D eigenvalue weighted by atomic mass is 10.0. The van der Waals surface area contributed by atoms with Crippen LogP contribution in [0.3, 0.4) is 0 Å². The second kappa shape index (κ2) is 7.10. The summed E-state index contributed by atoms with van der Waals surface area (Å²) >= 11 is 1.29. The van der Waals surface area contributed by atoms with Crippen LogP contribution >= 0.6 is 11.3 Å². The van der Waals surface area contributed by atoms with E-state index in [2.05, 4.69) is 0 Å². The van der Waals surface area contributed by atoms with Crippen LogP contribution in [0.2, 0.25) is 0 Å². The first-order valence-electron chi connectivity index (χ1n) is 6.54. The monoisotopic (exact) mass is 307 g/mol. The van der Waals surface area contributed by atoms with E-state index in [1.54, 1.807) is 29.6 Å². The Morgan fingerprint density at radius 1 is 1.29 bits per heavy atom. The van der Waals surface area contributed by atoms with E-state index in [0.29, 0.717) is 29.3 Å². The van der Waals surface area contributed by atoms with Crippen LogP contribution in [-0.2, 0) is 9.47 Å². The quantitative estimate of drug-likeness (QED) is 0.633. The first-order chi connectivity index (χ1) is 10.1. The number of phenols is 1. The number of phenolic OH excluding ortho intramolecular Hbond substituents is 1. The fraction of sp³-hybridized carbons (Fsp3) is 0.267. The Balaban J connectivity index is 2.18. The Hall–Kier alpha value is -2.05. The Morgan fingerprint density at radius 3 is 2.67 bits per heavy atom. The molecule has 0 saturated heterocycles. The predicted octanol–water partition coefficient (Wildman–Crippen LogP) is 2.90. The molecule has 1 aromatic carbocycles. The molecule has 5 nitrogen and oxygen atoms in total. The smallest absolute Gasteiger partial charge is 0.341 e. The predicted molar refractivity (Wildman–Crippen MR) is 82.6 cm³/mol. The van der Waals surface area contributed by atoms with E-state index in [4.69, 9.17) is 15.2 Å². The van der Waals surface area contributed by atoms with Gasteiger partial charge in [0.1, 0.15) is 22.9 Å². The van der Waals surface area contributed by atoms with Gasteiger partial charge >= 0.3 is 5.97 Å². The van der Waals surface area contributed by atoms with Gasteiger partial charge in [-0.05, 0) is 24.6 Å². The molecule has 112 valence electrons. The van der Waals surface area contributed by atoms with Crippen molar-refractivity contribution in [3.8, 4) is 16.9 Å². The second-order valence-electron chi connectivity index (χ2n) is 4.27. The summed E-state index contributed by atoms with van der Waals surface area (Å²) in [6, 6.07) is 6.59. The fourth-order valence-corrected chi connectivity index (χ4v) is 2.66. The van der Waals surface area contributed by atoms with Crippen LogP contribution in [0.15, 0.2) is 29.6 Å². The highest BCUT2D eigenvalue weighted by atomic mass is 32.1. The van der Waals surface area contributed by atoms with Crippen molar-refractivity contribution in [2.75, 3.05) is 25.6 Å². The molecule has 1 aromatic heterocycles. The summed E-state index contributed by atoms with van der Waals surface area (Å²) in [6.45, 7) is 3.01. The van der Waals surface area contributed by atoms with Crippen molar-refractivity contribution in [3.63, 3.8) is 0 Å². The third-order valence-corrected chi connectivity index (χ3v) is 3.68. The second-order valence-corrected chi connectivity index (χ2v) is 5.18. The largest absolute Gasteiger partial charge is 0.508 e. The zero-order valence-corrected chi connectivity index (χ0v) is 12.5. The maximum absolute atomic E-state index is 12.2. The molecule has 0 unspecified atom stereocenters. The zero-order valence-electron chi connectivity index (χ0n) is 11.7. The number of carbonyl (C=O) groups excluding carboxylic acids is 1. The number of carbonyl (C=O) groups is 1. The molecule has 21 heavy (non-hydrogen) atoms. The van der Waals surface area contributed by atoms with Gasteiger partial charge in [0.25, 0.3) is 0 Å². The van der Waals surface area contributed by atoms with E-state index >= 15 is 0 Å². The van der Waals surface area contributed by atoms with Gasteiger partial charge in [0, 0.05) is 17.6 Å². The summed E-state index contributed by atoms with van der Waals surface area (Å²) < 4.78 is 10.3. The van der Waals surface area contributed by atoms with Gasteiger partial charge in [-0.2, -0.15) is 0 Å².